The summed E-state index contributed by atoms with van der Waals surface area (Å²) in [7, 11) is 3.25. The third-order valence-corrected chi connectivity index (χ3v) is 6.81. The van der Waals surface area contributed by atoms with E-state index < -0.39 is 17.5 Å². The smallest absolute Gasteiger partial charge is 0.264 e. The summed E-state index contributed by atoms with van der Waals surface area (Å²) in [4.78, 5) is 14.5. The van der Waals surface area contributed by atoms with Gasteiger partial charge in [-0.15, -0.1) is 0 Å². The summed E-state index contributed by atoms with van der Waals surface area (Å²) in [6.45, 7) is 3.11. The number of nitrogens with zero attached hydrogens (tertiary/aromatic N) is 1. The van der Waals surface area contributed by atoms with Crippen LogP contribution in [-0.2, 0) is 11.3 Å². The van der Waals surface area contributed by atoms with Gasteiger partial charge in [0.1, 0.15) is 17.4 Å². The van der Waals surface area contributed by atoms with Gasteiger partial charge in [0.25, 0.3) is 5.91 Å². The highest BCUT2D eigenvalue weighted by Gasteiger charge is 2.30. The van der Waals surface area contributed by atoms with Crippen molar-refractivity contribution in [2.75, 3.05) is 40.2 Å². The van der Waals surface area contributed by atoms with Crippen molar-refractivity contribution in [3.05, 3.63) is 63.7 Å². The Hall–Kier alpha value is -1.87. The summed E-state index contributed by atoms with van der Waals surface area (Å²) in [5.41, 5.74) is 2.01. The molecule has 0 atom stereocenters. The van der Waals surface area contributed by atoms with Gasteiger partial charge in [-0.3, -0.25) is 14.4 Å². The minimum Gasteiger partial charge on any atom is -0.493 e. The van der Waals surface area contributed by atoms with Gasteiger partial charge in [0.15, 0.2) is 0 Å². The lowest BCUT2D eigenvalue weighted by atomic mass is 9.97. The predicted octanol–water partition coefficient (Wildman–Crippen LogP) is 6.06. The van der Waals surface area contributed by atoms with Gasteiger partial charge in [0.05, 0.1) is 17.2 Å². The molecule has 1 N–H and O–H groups in total. The number of hydrogen-bond donors (Lipinski definition) is 1. The summed E-state index contributed by atoms with van der Waals surface area (Å²) in [5.74, 6) is -0.0734. The van der Waals surface area contributed by atoms with Gasteiger partial charge in [-0.1, -0.05) is 29.6 Å². The molecular formula is C26H33ClF2N2O3S. The molecule has 2 fully saturated rings. The molecule has 9 heteroatoms. The molecule has 0 spiro atoms. The molecule has 2 aromatic rings. The Balaban J connectivity index is 0.00000108. The van der Waals surface area contributed by atoms with Gasteiger partial charge in [-0.2, -0.15) is 0 Å². The number of halogens is 3. The fourth-order valence-electron chi connectivity index (χ4n) is 4.15. The highest BCUT2D eigenvalue weighted by molar-refractivity contribution is 7.97. The monoisotopic (exact) mass is 526 g/mol. The number of likely N-dealkylation sites (tertiary alicyclic amines) is 1. The van der Waals surface area contributed by atoms with E-state index in [1.54, 1.807) is 38.7 Å². The molecule has 1 amide bonds. The summed E-state index contributed by atoms with van der Waals surface area (Å²) < 4.78 is 40.8. The van der Waals surface area contributed by atoms with E-state index in [0.29, 0.717) is 24.2 Å². The Bertz CT molecular complexity index is 999. The van der Waals surface area contributed by atoms with Crippen LogP contribution in [0.4, 0.5) is 8.78 Å². The van der Waals surface area contributed by atoms with Gasteiger partial charge < -0.3 is 9.47 Å². The van der Waals surface area contributed by atoms with Gasteiger partial charge in [0.2, 0.25) is 0 Å². The third-order valence-electron chi connectivity index (χ3n) is 6.13. The summed E-state index contributed by atoms with van der Waals surface area (Å²) in [5, 5.41) is 0.154. The first-order chi connectivity index (χ1) is 16.9. The second kappa shape index (κ2) is 13.4. The van der Waals surface area contributed by atoms with E-state index >= 15 is 0 Å². The minimum atomic E-state index is -0.552. The van der Waals surface area contributed by atoms with Gasteiger partial charge in [-0.05, 0) is 79.9 Å². The van der Waals surface area contributed by atoms with Crippen molar-refractivity contribution in [2.24, 2.45) is 5.92 Å². The van der Waals surface area contributed by atoms with Crippen molar-refractivity contribution in [3.63, 3.8) is 0 Å². The van der Waals surface area contributed by atoms with E-state index in [1.807, 2.05) is 0 Å². The Morgan fingerprint density at radius 3 is 2.40 bits per heavy atom. The number of nitrogens with one attached hydrogen (secondary N) is 1. The van der Waals surface area contributed by atoms with E-state index in [9.17, 15) is 13.6 Å². The van der Waals surface area contributed by atoms with E-state index in [-0.39, 0.29) is 10.6 Å². The molecule has 1 saturated heterocycles. The molecule has 192 valence electrons. The van der Waals surface area contributed by atoms with Crippen LogP contribution in [0.3, 0.4) is 0 Å². The Kier molecular flexibility index (Phi) is 10.6. The summed E-state index contributed by atoms with van der Waals surface area (Å²) >= 11 is 7.04. The number of carbonyl (C=O) groups excluding carboxylic acids is 1. The van der Waals surface area contributed by atoms with Crippen molar-refractivity contribution in [2.45, 2.75) is 38.1 Å². The summed E-state index contributed by atoms with van der Waals surface area (Å²) in [6.07, 6.45) is 5.76. The first-order valence-electron chi connectivity index (χ1n) is 11.7. The molecule has 0 aromatic heterocycles. The topological polar surface area (TPSA) is 50.8 Å². The largest absolute Gasteiger partial charge is 0.493 e. The number of benzene rings is 2. The number of ether oxygens (including phenoxy) is 2. The normalized spacial score (nSPS) is 16.4. The van der Waals surface area contributed by atoms with Crippen LogP contribution in [-0.4, -0.2) is 51.0 Å². The second-order valence-electron chi connectivity index (χ2n) is 8.97. The first kappa shape index (κ1) is 27.7. The quantitative estimate of drug-likeness (QED) is 0.424. The summed E-state index contributed by atoms with van der Waals surface area (Å²) in [6, 6.07) is 7.89. The van der Waals surface area contributed by atoms with E-state index in [0.717, 1.165) is 68.4 Å². The zero-order valence-electron chi connectivity index (χ0n) is 20.4. The van der Waals surface area contributed by atoms with Crippen molar-refractivity contribution >= 4 is 29.5 Å². The second-order valence-corrected chi connectivity index (χ2v) is 9.99. The highest BCUT2D eigenvalue weighted by Crippen LogP contribution is 2.45. The van der Waals surface area contributed by atoms with Crippen LogP contribution in [0.5, 0.6) is 5.75 Å². The predicted molar refractivity (Wildman–Crippen MR) is 137 cm³/mol. The van der Waals surface area contributed by atoms with Crippen LogP contribution < -0.4 is 9.46 Å². The lowest BCUT2D eigenvalue weighted by Crippen LogP contribution is -2.35. The van der Waals surface area contributed by atoms with E-state index in [1.165, 1.54) is 12.1 Å². The number of carbonyl (C=O) groups is 1. The molecular weight excluding hydrogens is 494 g/mol. The SMILES string of the molecule is COC.CSNC(=O)c1cc(C2CC2)c(OCC2CCN(Cc3ccc(F)c(Cl)c3)CC2)cc1F. The molecule has 35 heavy (non-hydrogen) atoms. The molecule has 1 heterocycles. The number of rotatable bonds is 8. The number of hydrogen-bond acceptors (Lipinski definition) is 5. The third kappa shape index (κ3) is 8.07. The van der Waals surface area contributed by atoms with Crippen LogP contribution >= 0.6 is 23.5 Å². The van der Waals surface area contributed by atoms with Gasteiger partial charge in [0, 0.05) is 33.1 Å². The van der Waals surface area contributed by atoms with Crippen LogP contribution in [0.15, 0.2) is 30.3 Å². The van der Waals surface area contributed by atoms with Crippen molar-refractivity contribution in [1.82, 2.24) is 9.62 Å². The van der Waals surface area contributed by atoms with Gasteiger partial charge in [-0.25, -0.2) is 8.78 Å². The molecule has 4 rings (SSSR count). The van der Waals surface area contributed by atoms with E-state index in [2.05, 4.69) is 14.4 Å². The van der Waals surface area contributed by atoms with Gasteiger partial charge >= 0.3 is 0 Å². The standard InChI is InChI=1S/C24H27ClF2N2O2S.C2H6O/c1-32-28-24(30)19-11-18(17-3-4-17)23(12-22(19)27)31-14-15-6-8-29(9-7-15)13-16-2-5-21(26)20(25)10-16;1-3-2/h2,5,10-12,15,17H,3-4,6-9,13-14H2,1H3,(H,28,30);1-2H3. The van der Waals surface area contributed by atoms with Crippen molar-refractivity contribution in [3.8, 4) is 5.75 Å². The molecule has 0 radical (unpaired) electrons. The Morgan fingerprint density at radius 2 is 1.80 bits per heavy atom. The number of piperidine rings is 1. The Morgan fingerprint density at radius 1 is 1.11 bits per heavy atom. The van der Waals surface area contributed by atoms with Crippen LogP contribution in [0.25, 0.3) is 0 Å². The molecule has 5 nitrogen and oxygen atoms in total. The lowest BCUT2D eigenvalue weighted by molar-refractivity contribution is 0.0980. The minimum absolute atomic E-state index is 0.0720. The van der Waals surface area contributed by atoms with E-state index in [4.69, 9.17) is 16.3 Å². The maximum Gasteiger partial charge on any atom is 0.264 e. The molecule has 1 aliphatic carbocycles. The molecule has 2 aliphatic rings. The first-order valence-corrected chi connectivity index (χ1v) is 13.3. The highest BCUT2D eigenvalue weighted by atomic mass is 35.5. The number of methoxy groups -OCH3 is 1. The van der Waals surface area contributed by atoms with Crippen LogP contribution in [0.1, 0.15) is 53.1 Å². The fraction of sp³-hybridized carbons (Fsp3) is 0.500. The molecule has 1 aliphatic heterocycles. The zero-order valence-corrected chi connectivity index (χ0v) is 22.0. The zero-order chi connectivity index (χ0) is 25.4. The van der Waals surface area contributed by atoms with Crippen molar-refractivity contribution < 1.29 is 23.0 Å². The van der Waals surface area contributed by atoms with Crippen LogP contribution in [0, 0.1) is 17.6 Å². The fourth-order valence-corrected chi connectivity index (χ4v) is 4.65. The average Bonchev–Trinajstić information content (AvgIpc) is 3.67. The molecule has 2 aromatic carbocycles. The maximum absolute atomic E-state index is 14.6. The average molecular weight is 527 g/mol. The number of amides is 1. The Labute approximate surface area is 215 Å². The van der Waals surface area contributed by atoms with Crippen molar-refractivity contribution in [1.29, 1.82) is 0 Å². The lowest BCUT2D eigenvalue weighted by Gasteiger charge is -2.32. The molecule has 0 bridgehead atoms. The molecule has 1 saturated carbocycles. The molecule has 0 unspecified atom stereocenters. The van der Waals surface area contributed by atoms with Crippen LogP contribution in [0.2, 0.25) is 5.02 Å². The maximum atomic E-state index is 14.6.